The fourth-order valence-electron chi connectivity index (χ4n) is 5.82. The lowest BCUT2D eigenvalue weighted by Crippen LogP contribution is -2.66. The standard InChI is InChI=1S/C32H30FN7O3S/c1-2-15-38(32(43)35-17-22-11-13-24(33)14-12-22)39-20-28(41)40-25(16-21-7-4-3-5-8-21)30(42)37(19-27(39)40)18-23-9-6-10-26-29(23)36-31(34)44-26/h1,3-14,25,27H,15-20H2,(H2,34,36)(H,35,43)/t25-,27+/m0/s1. The molecule has 0 saturated carbocycles. The number of anilines is 1. The number of nitrogens with zero attached hydrogens (tertiary/aromatic N) is 5. The molecule has 0 spiro atoms. The van der Waals surface area contributed by atoms with Gasteiger partial charge < -0.3 is 20.9 Å². The van der Waals surface area contributed by atoms with E-state index in [4.69, 9.17) is 12.2 Å². The molecular formula is C32H30FN7O3S. The van der Waals surface area contributed by atoms with Crippen LogP contribution in [-0.2, 0) is 29.1 Å². The summed E-state index contributed by atoms with van der Waals surface area (Å²) in [6.07, 6.45) is 5.35. The van der Waals surface area contributed by atoms with E-state index in [0.29, 0.717) is 17.1 Å². The van der Waals surface area contributed by atoms with Gasteiger partial charge in [-0.3, -0.25) is 9.59 Å². The number of nitrogens with one attached hydrogen (secondary N) is 1. The second-order valence-electron chi connectivity index (χ2n) is 10.7. The number of hydrazine groups is 1. The number of rotatable bonds is 8. The summed E-state index contributed by atoms with van der Waals surface area (Å²) < 4.78 is 14.3. The Balaban J connectivity index is 1.30. The van der Waals surface area contributed by atoms with Gasteiger partial charge in [0.25, 0.3) is 0 Å². The van der Waals surface area contributed by atoms with Gasteiger partial charge in [0.2, 0.25) is 11.8 Å². The third-order valence-electron chi connectivity index (χ3n) is 7.86. The van der Waals surface area contributed by atoms with Crippen molar-refractivity contribution in [2.24, 2.45) is 0 Å². The Labute approximate surface area is 257 Å². The molecule has 44 heavy (non-hydrogen) atoms. The van der Waals surface area contributed by atoms with E-state index < -0.39 is 18.2 Å². The number of amides is 4. The molecule has 0 bridgehead atoms. The zero-order valence-corrected chi connectivity index (χ0v) is 24.5. The van der Waals surface area contributed by atoms with Crippen molar-refractivity contribution in [2.75, 3.05) is 25.4 Å². The van der Waals surface area contributed by atoms with Crippen molar-refractivity contribution in [3.63, 3.8) is 0 Å². The second-order valence-corrected chi connectivity index (χ2v) is 11.7. The van der Waals surface area contributed by atoms with Crippen LogP contribution in [0.5, 0.6) is 0 Å². The number of fused-ring (bicyclic) bond motifs is 2. The molecule has 12 heteroatoms. The number of hydrogen-bond acceptors (Lipinski definition) is 7. The maximum Gasteiger partial charge on any atom is 0.333 e. The van der Waals surface area contributed by atoms with Gasteiger partial charge in [-0.1, -0.05) is 71.9 Å². The SMILES string of the molecule is C#CCN(C(=O)NCc1ccc(F)cc1)N1CC(=O)N2[C@@H](Cc3ccccc3)C(=O)N(Cc3cccc4sc(N)nc34)C[C@@H]21. The van der Waals surface area contributed by atoms with Crippen molar-refractivity contribution < 1.29 is 18.8 Å². The first-order valence-electron chi connectivity index (χ1n) is 14.1. The Kier molecular flexibility index (Phi) is 8.15. The van der Waals surface area contributed by atoms with Crippen LogP contribution in [0.1, 0.15) is 16.7 Å². The van der Waals surface area contributed by atoms with Crippen LogP contribution in [0, 0.1) is 18.2 Å². The highest BCUT2D eigenvalue weighted by atomic mass is 32.1. The van der Waals surface area contributed by atoms with Gasteiger partial charge in [0.15, 0.2) is 5.13 Å². The molecule has 4 amide bonds. The van der Waals surface area contributed by atoms with Crippen LogP contribution in [-0.4, -0.2) is 74.5 Å². The van der Waals surface area contributed by atoms with Gasteiger partial charge in [0, 0.05) is 19.5 Å². The van der Waals surface area contributed by atoms with Crippen LogP contribution in [0.3, 0.4) is 0 Å². The average molecular weight is 612 g/mol. The Morgan fingerprint density at radius 2 is 1.86 bits per heavy atom. The van der Waals surface area contributed by atoms with E-state index in [1.165, 1.54) is 28.5 Å². The summed E-state index contributed by atoms with van der Waals surface area (Å²) in [5.41, 5.74) is 9.17. The van der Waals surface area contributed by atoms with E-state index >= 15 is 0 Å². The maximum absolute atomic E-state index is 14.1. The number of nitrogen functional groups attached to an aromatic ring is 1. The Hall–Kier alpha value is -4.99. The Morgan fingerprint density at radius 3 is 2.61 bits per heavy atom. The molecule has 2 aliphatic heterocycles. The van der Waals surface area contributed by atoms with Gasteiger partial charge in [-0.15, -0.1) is 6.42 Å². The summed E-state index contributed by atoms with van der Waals surface area (Å²) in [6.45, 7) is 0.321. The third-order valence-corrected chi connectivity index (χ3v) is 8.71. The number of carbonyl (C=O) groups is 3. The summed E-state index contributed by atoms with van der Waals surface area (Å²) in [5.74, 6) is 1.68. The van der Waals surface area contributed by atoms with E-state index in [1.54, 1.807) is 26.9 Å². The molecule has 1 aromatic heterocycles. The van der Waals surface area contributed by atoms with Gasteiger partial charge >= 0.3 is 6.03 Å². The van der Waals surface area contributed by atoms with Crippen LogP contribution >= 0.6 is 11.3 Å². The minimum absolute atomic E-state index is 0.0957. The molecule has 2 saturated heterocycles. The maximum atomic E-state index is 14.1. The fourth-order valence-corrected chi connectivity index (χ4v) is 6.60. The monoisotopic (exact) mass is 611 g/mol. The fraction of sp³-hybridized carbons (Fsp3) is 0.250. The molecule has 3 heterocycles. The summed E-state index contributed by atoms with van der Waals surface area (Å²) in [5, 5.41) is 6.24. The van der Waals surface area contributed by atoms with E-state index in [-0.39, 0.29) is 50.4 Å². The highest BCUT2D eigenvalue weighted by Crippen LogP contribution is 2.32. The molecule has 3 aromatic carbocycles. The van der Waals surface area contributed by atoms with Gasteiger partial charge in [-0.2, -0.15) is 5.01 Å². The van der Waals surface area contributed by atoms with E-state index in [9.17, 15) is 18.8 Å². The third kappa shape index (κ3) is 5.79. The van der Waals surface area contributed by atoms with E-state index in [1.807, 2.05) is 48.5 Å². The molecule has 0 unspecified atom stereocenters. The largest absolute Gasteiger partial charge is 0.375 e. The van der Waals surface area contributed by atoms with Crippen molar-refractivity contribution >= 4 is 44.5 Å². The molecule has 2 aliphatic rings. The van der Waals surface area contributed by atoms with Crippen molar-refractivity contribution in [1.29, 1.82) is 0 Å². The van der Waals surface area contributed by atoms with Gasteiger partial charge in [-0.25, -0.2) is 19.2 Å². The normalized spacial score (nSPS) is 18.4. The van der Waals surface area contributed by atoms with Gasteiger partial charge in [-0.05, 0) is 34.9 Å². The number of aromatic nitrogens is 1. The summed E-state index contributed by atoms with van der Waals surface area (Å²) in [6, 6.07) is 19.8. The average Bonchev–Trinajstić information content (AvgIpc) is 3.57. The molecule has 2 atom stereocenters. The van der Waals surface area contributed by atoms with Crippen LogP contribution in [0.15, 0.2) is 72.8 Å². The quantitative estimate of drug-likeness (QED) is 0.296. The predicted octanol–water partition coefficient (Wildman–Crippen LogP) is 3.20. The molecule has 6 rings (SSSR count). The first-order chi connectivity index (χ1) is 21.3. The van der Waals surface area contributed by atoms with E-state index in [2.05, 4.69) is 16.2 Å². The molecule has 10 nitrogen and oxygen atoms in total. The zero-order valence-electron chi connectivity index (χ0n) is 23.7. The lowest BCUT2D eigenvalue weighted by molar-refractivity contribution is -0.157. The smallest absolute Gasteiger partial charge is 0.333 e. The Bertz CT molecular complexity index is 1740. The first-order valence-corrected chi connectivity index (χ1v) is 14.9. The van der Waals surface area contributed by atoms with Crippen LogP contribution in [0.2, 0.25) is 0 Å². The van der Waals surface area contributed by atoms with Crippen LogP contribution in [0.25, 0.3) is 10.2 Å². The van der Waals surface area contributed by atoms with Crippen molar-refractivity contribution in [1.82, 2.24) is 30.1 Å². The highest BCUT2D eigenvalue weighted by molar-refractivity contribution is 7.22. The van der Waals surface area contributed by atoms with Crippen molar-refractivity contribution in [3.05, 3.63) is 95.3 Å². The molecule has 4 aromatic rings. The summed E-state index contributed by atoms with van der Waals surface area (Å²) in [7, 11) is 0. The minimum atomic E-state index is -0.789. The lowest BCUT2D eigenvalue weighted by Gasteiger charge is -2.46. The summed E-state index contributed by atoms with van der Waals surface area (Å²) >= 11 is 1.38. The summed E-state index contributed by atoms with van der Waals surface area (Å²) in [4.78, 5) is 49.0. The lowest BCUT2D eigenvalue weighted by atomic mass is 10.00. The number of nitrogens with two attached hydrogens (primary N) is 1. The second kappa shape index (κ2) is 12.3. The van der Waals surface area contributed by atoms with Crippen LogP contribution < -0.4 is 11.1 Å². The molecule has 0 radical (unpaired) electrons. The van der Waals surface area contributed by atoms with E-state index in [0.717, 1.165) is 21.3 Å². The predicted molar refractivity (Wildman–Crippen MR) is 165 cm³/mol. The highest BCUT2D eigenvalue weighted by Gasteiger charge is 2.52. The molecule has 0 aliphatic carbocycles. The number of halogens is 1. The molecular weight excluding hydrogens is 581 g/mol. The molecule has 2 fully saturated rings. The number of piperazine rings is 1. The topological polar surface area (TPSA) is 115 Å². The van der Waals surface area contributed by atoms with Gasteiger partial charge in [0.05, 0.1) is 29.9 Å². The number of terminal acetylenes is 1. The van der Waals surface area contributed by atoms with Gasteiger partial charge in [0.1, 0.15) is 18.0 Å². The number of benzene rings is 3. The number of hydrogen-bond donors (Lipinski definition) is 2. The Morgan fingerprint density at radius 1 is 1.09 bits per heavy atom. The molecule has 3 N–H and O–H groups in total. The first kappa shape index (κ1) is 29.1. The number of thiazole rings is 1. The number of carbonyl (C=O) groups excluding carboxylic acids is 3. The minimum Gasteiger partial charge on any atom is -0.375 e. The number of para-hydroxylation sites is 1. The van der Waals surface area contributed by atoms with Crippen molar-refractivity contribution in [2.45, 2.75) is 31.7 Å². The number of urea groups is 1. The van der Waals surface area contributed by atoms with Crippen LogP contribution in [0.4, 0.5) is 14.3 Å². The zero-order chi connectivity index (χ0) is 30.8. The molecule has 224 valence electrons. The van der Waals surface area contributed by atoms with Crippen molar-refractivity contribution in [3.8, 4) is 12.3 Å².